The molecule has 7 nitrogen and oxygen atoms in total. The van der Waals surface area contributed by atoms with Crippen LogP contribution in [0.3, 0.4) is 0 Å². The van der Waals surface area contributed by atoms with Gasteiger partial charge in [-0.1, -0.05) is 0 Å². The van der Waals surface area contributed by atoms with Crippen molar-refractivity contribution in [2.24, 2.45) is 7.05 Å². The van der Waals surface area contributed by atoms with Crippen LogP contribution in [0.2, 0.25) is 0 Å². The van der Waals surface area contributed by atoms with Gasteiger partial charge in [-0.25, -0.2) is 4.79 Å². The third-order valence-corrected chi connectivity index (χ3v) is 5.20. The summed E-state index contributed by atoms with van der Waals surface area (Å²) in [6, 6.07) is 1.97. The predicted molar refractivity (Wildman–Crippen MR) is 107 cm³/mol. The van der Waals surface area contributed by atoms with Gasteiger partial charge in [0.05, 0.1) is 16.4 Å². The first-order chi connectivity index (χ1) is 12.5. The Labute approximate surface area is 167 Å². The van der Waals surface area contributed by atoms with Crippen molar-refractivity contribution in [1.82, 2.24) is 14.4 Å². The molecule has 0 aliphatic carbocycles. The van der Waals surface area contributed by atoms with Gasteiger partial charge in [-0.2, -0.15) is 0 Å². The highest BCUT2D eigenvalue weighted by molar-refractivity contribution is 9.10. The molecule has 0 N–H and O–H groups in total. The highest BCUT2D eigenvalue weighted by Gasteiger charge is 2.30. The number of halogens is 1. The maximum absolute atomic E-state index is 12.3. The average molecular weight is 440 g/mol. The monoisotopic (exact) mass is 439 g/mol. The lowest BCUT2D eigenvalue weighted by Gasteiger charge is -2.39. The number of hydrogen-bond acceptors (Lipinski definition) is 5. The lowest BCUT2D eigenvalue weighted by molar-refractivity contribution is 0.00382. The summed E-state index contributed by atoms with van der Waals surface area (Å²) >= 11 is 3.45. The average Bonchev–Trinajstić information content (AvgIpc) is 2.97. The number of carbonyl (C=O) groups excluding carboxylic acids is 1. The zero-order chi connectivity index (χ0) is 19.9. The van der Waals surface area contributed by atoms with Gasteiger partial charge in [0.1, 0.15) is 11.4 Å². The van der Waals surface area contributed by atoms with Crippen LogP contribution in [0.5, 0.6) is 0 Å². The van der Waals surface area contributed by atoms with E-state index in [1.807, 2.05) is 26.8 Å². The number of rotatable bonds is 2. The molecule has 1 atom stereocenters. The minimum atomic E-state index is -0.495. The van der Waals surface area contributed by atoms with Crippen molar-refractivity contribution in [2.45, 2.75) is 45.9 Å². The molecule has 0 aromatic carbocycles. The van der Waals surface area contributed by atoms with Gasteiger partial charge in [0, 0.05) is 38.9 Å². The number of amides is 1. The van der Waals surface area contributed by atoms with Crippen LogP contribution in [0.15, 0.2) is 25.9 Å². The van der Waals surface area contributed by atoms with Crippen molar-refractivity contribution >= 4 is 33.0 Å². The summed E-state index contributed by atoms with van der Waals surface area (Å²) < 4.78 is 13.7. The second-order valence-electron chi connectivity index (χ2n) is 8.09. The summed E-state index contributed by atoms with van der Waals surface area (Å²) in [6.45, 7) is 10.2. The zero-order valence-electron chi connectivity index (χ0n) is 16.4. The van der Waals surface area contributed by atoms with Crippen molar-refractivity contribution in [3.63, 3.8) is 0 Å². The zero-order valence-corrected chi connectivity index (χ0v) is 18.0. The van der Waals surface area contributed by atoms with Gasteiger partial charge in [0.2, 0.25) is 0 Å². The molecule has 27 heavy (non-hydrogen) atoms. The van der Waals surface area contributed by atoms with Crippen molar-refractivity contribution in [2.75, 3.05) is 19.6 Å². The van der Waals surface area contributed by atoms with Gasteiger partial charge < -0.3 is 18.6 Å². The summed E-state index contributed by atoms with van der Waals surface area (Å²) in [5.41, 5.74) is 0.00446. The van der Waals surface area contributed by atoms with Crippen LogP contribution in [0.1, 0.15) is 33.5 Å². The number of piperazine rings is 1. The maximum atomic E-state index is 12.3. The molecule has 1 unspecified atom stereocenters. The topological polar surface area (TPSA) is 67.9 Å². The second kappa shape index (κ2) is 7.31. The molecular formula is C19H26BrN3O4. The molecule has 3 heterocycles. The van der Waals surface area contributed by atoms with Gasteiger partial charge in [-0.15, -0.1) is 0 Å². The van der Waals surface area contributed by atoms with E-state index in [-0.39, 0.29) is 17.7 Å². The van der Waals surface area contributed by atoms with Crippen molar-refractivity contribution < 1.29 is 13.9 Å². The van der Waals surface area contributed by atoms with E-state index in [1.165, 1.54) is 4.57 Å². The van der Waals surface area contributed by atoms with E-state index in [0.717, 1.165) is 16.8 Å². The Hall–Kier alpha value is -1.80. The van der Waals surface area contributed by atoms with Gasteiger partial charge >= 0.3 is 6.09 Å². The standard InChI is InChI=1S/C19H26BrN3O4/c1-12-9-23(18(25)27-19(2,3)4)7-6-22(12)10-13-8-14-16(26-13)15(20)11-21(5)17(14)24/h8,11-12H,6-7,9-10H2,1-5H3. The van der Waals surface area contributed by atoms with Crippen molar-refractivity contribution in [3.8, 4) is 0 Å². The molecule has 1 aliphatic rings. The number of aryl methyl sites for hydroxylation is 1. The van der Waals surface area contributed by atoms with Gasteiger partial charge in [0.15, 0.2) is 5.58 Å². The molecular weight excluding hydrogens is 414 g/mol. The fraction of sp³-hybridized carbons (Fsp3) is 0.579. The van der Waals surface area contributed by atoms with Gasteiger partial charge in [0.25, 0.3) is 5.56 Å². The normalized spacial score (nSPS) is 18.9. The maximum Gasteiger partial charge on any atom is 0.410 e. The first-order valence-corrected chi connectivity index (χ1v) is 9.84. The number of hydrogen-bond donors (Lipinski definition) is 0. The summed E-state index contributed by atoms with van der Waals surface area (Å²) in [5.74, 6) is 0.742. The lowest BCUT2D eigenvalue weighted by atomic mass is 10.2. The highest BCUT2D eigenvalue weighted by atomic mass is 79.9. The molecule has 1 fully saturated rings. The van der Waals surface area contributed by atoms with Crippen LogP contribution in [0.4, 0.5) is 4.79 Å². The molecule has 1 saturated heterocycles. The van der Waals surface area contributed by atoms with Crippen LogP contribution < -0.4 is 5.56 Å². The minimum Gasteiger partial charge on any atom is -0.458 e. The Morgan fingerprint density at radius 3 is 2.70 bits per heavy atom. The molecule has 0 radical (unpaired) electrons. The first kappa shape index (κ1) is 19.9. The predicted octanol–water partition coefficient (Wildman–Crippen LogP) is 3.34. The number of furan rings is 1. The third kappa shape index (κ3) is 4.38. The third-order valence-electron chi connectivity index (χ3n) is 4.63. The number of nitrogens with zero attached hydrogens (tertiary/aromatic N) is 3. The molecule has 8 heteroatoms. The number of carbonyl (C=O) groups is 1. The van der Waals surface area contributed by atoms with Crippen molar-refractivity contribution in [3.05, 3.63) is 32.8 Å². The molecule has 0 spiro atoms. The van der Waals surface area contributed by atoms with Crippen molar-refractivity contribution in [1.29, 1.82) is 0 Å². The van der Waals surface area contributed by atoms with Crippen LogP contribution in [0, 0.1) is 0 Å². The summed E-state index contributed by atoms with van der Waals surface area (Å²) in [7, 11) is 1.72. The SMILES string of the molecule is CC1CN(C(=O)OC(C)(C)C)CCN1Cc1cc2c(=O)n(C)cc(Br)c2o1. The Morgan fingerprint density at radius 2 is 2.07 bits per heavy atom. The van der Waals surface area contributed by atoms with Crippen LogP contribution in [0.25, 0.3) is 11.0 Å². The lowest BCUT2D eigenvalue weighted by Crippen LogP contribution is -2.54. The molecule has 148 valence electrons. The minimum absolute atomic E-state index is 0.0778. The van der Waals surface area contributed by atoms with Crippen LogP contribution >= 0.6 is 15.9 Å². The summed E-state index contributed by atoms with van der Waals surface area (Å²) in [4.78, 5) is 28.6. The van der Waals surface area contributed by atoms with E-state index in [1.54, 1.807) is 18.1 Å². The molecule has 0 bridgehead atoms. The fourth-order valence-electron chi connectivity index (χ4n) is 3.26. The Bertz CT molecular complexity index is 912. The smallest absolute Gasteiger partial charge is 0.410 e. The molecule has 0 saturated carbocycles. The Kier molecular flexibility index (Phi) is 5.40. The largest absolute Gasteiger partial charge is 0.458 e. The second-order valence-corrected chi connectivity index (χ2v) is 8.95. The van der Waals surface area contributed by atoms with E-state index in [0.29, 0.717) is 30.6 Å². The molecule has 3 rings (SSSR count). The summed E-state index contributed by atoms with van der Waals surface area (Å²) in [5, 5.41) is 0.571. The quantitative estimate of drug-likeness (QED) is 0.717. The van der Waals surface area contributed by atoms with E-state index >= 15 is 0 Å². The Morgan fingerprint density at radius 1 is 1.37 bits per heavy atom. The number of fused-ring (bicyclic) bond motifs is 1. The highest BCUT2D eigenvalue weighted by Crippen LogP contribution is 2.26. The van der Waals surface area contributed by atoms with E-state index < -0.39 is 5.60 Å². The van der Waals surface area contributed by atoms with Crippen LogP contribution in [-0.2, 0) is 18.3 Å². The molecule has 2 aromatic heterocycles. The number of pyridine rings is 1. The van der Waals surface area contributed by atoms with E-state index in [2.05, 4.69) is 27.8 Å². The Balaban J connectivity index is 1.70. The molecule has 1 amide bonds. The fourth-order valence-corrected chi connectivity index (χ4v) is 3.86. The van der Waals surface area contributed by atoms with E-state index in [4.69, 9.17) is 9.15 Å². The van der Waals surface area contributed by atoms with Gasteiger partial charge in [-0.3, -0.25) is 9.69 Å². The van der Waals surface area contributed by atoms with Crippen LogP contribution in [-0.4, -0.2) is 51.7 Å². The first-order valence-electron chi connectivity index (χ1n) is 9.04. The molecule has 1 aliphatic heterocycles. The number of ether oxygens (including phenoxy) is 1. The number of aromatic nitrogens is 1. The molecule has 2 aromatic rings. The summed E-state index contributed by atoms with van der Waals surface area (Å²) in [6.07, 6.45) is 1.44. The van der Waals surface area contributed by atoms with E-state index in [9.17, 15) is 9.59 Å². The van der Waals surface area contributed by atoms with Gasteiger partial charge in [-0.05, 0) is 49.7 Å².